The second kappa shape index (κ2) is 5.35. The van der Waals surface area contributed by atoms with Crippen LogP contribution in [0.5, 0.6) is 0 Å². The fourth-order valence-corrected chi connectivity index (χ4v) is 2.32. The van der Waals surface area contributed by atoms with Crippen LogP contribution in [-0.2, 0) is 11.3 Å². The lowest BCUT2D eigenvalue weighted by Gasteiger charge is -2.05. The van der Waals surface area contributed by atoms with E-state index in [1.54, 1.807) is 10.9 Å². The first-order valence-corrected chi connectivity index (χ1v) is 6.38. The molecule has 0 atom stereocenters. The lowest BCUT2D eigenvalue weighted by Crippen LogP contribution is -2.07. The molecule has 1 aromatic heterocycles. The van der Waals surface area contributed by atoms with E-state index in [4.69, 9.17) is 5.11 Å². The number of carbonyl (C=O) groups is 1. The second-order valence-corrected chi connectivity index (χ2v) is 4.84. The molecule has 2 aromatic rings. The van der Waals surface area contributed by atoms with Gasteiger partial charge in [-0.05, 0) is 18.6 Å². The fraction of sp³-hybridized carbons (Fsp3) is 0.231. The van der Waals surface area contributed by atoms with Gasteiger partial charge < -0.3 is 5.11 Å². The van der Waals surface area contributed by atoms with E-state index >= 15 is 0 Å². The first-order chi connectivity index (χ1) is 8.59. The van der Waals surface area contributed by atoms with Gasteiger partial charge in [-0.2, -0.15) is 5.10 Å². The van der Waals surface area contributed by atoms with Gasteiger partial charge in [-0.1, -0.05) is 34.1 Å². The number of carboxylic acids is 1. The number of hydrogen-bond donors (Lipinski definition) is 1. The molecule has 0 saturated carbocycles. The Morgan fingerprint density at radius 2 is 2.11 bits per heavy atom. The Morgan fingerprint density at radius 1 is 1.39 bits per heavy atom. The number of nitrogens with zero attached hydrogens (tertiary/aromatic N) is 2. The molecule has 0 amide bonds. The van der Waals surface area contributed by atoms with Crippen LogP contribution in [0.2, 0.25) is 0 Å². The highest BCUT2D eigenvalue weighted by molar-refractivity contribution is 9.10. The monoisotopic (exact) mass is 308 g/mol. The van der Waals surface area contributed by atoms with E-state index in [2.05, 4.69) is 21.0 Å². The van der Waals surface area contributed by atoms with Crippen molar-refractivity contribution in [1.29, 1.82) is 0 Å². The van der Waals surface area contributed by atoms with Gasteiger partial charge in [0.05, 0.1) is 19.2 Å². The zero-order valence-corrected chi connectivity index (χ0v) is 11.5. The van der Waals surface area contributed by atoms with Crippen molar-refractivity contribution in [3.63, 3.8) is 0 Å². The Labute approximate surface area is 113 Å². The predicted molar refractivity (Wildman–Crippen MR) is 72.4 cm³/mol. The van der Waals surface area contributed by atoms with E-state index in [9.17, 15) is 4.79 Å². The molecule has 5 heteroatoms. The molecule has 94 valence electrons. The number of aromatic nitrogens is 2. The molecule has 2 rings (SSSR count). The zero-order chi connectivity index (χ0) is 13.1. The number of halogens is 1. The third-order valence-corrected chi connectivity index (χ3v) is 3.50. The van der Waals surface area contributed by atoms with Crippen LogP contribution in [0.4, 0.5) is 0 Å². The average molecular weight is 309 g/mol. The van der Waals surface area contributed by atoms with Crippen molar-refractivity contribution < 1.29 is 9.90 Å². The standard InChI is InChI=1S/C13H13BrN2O2/c1-9-11(10-4-2-3-5-12(10)14)8-15-16(9)7-6-13(17)18/h2-5,8H,6-7H2,1H3,(H,17,18). The maximum absolute atomic E-state index is 10.6. The van der Waals surface area contributed by atoms with Crippen molar-refractivity contribution >= 4 is 21.9 Å². The number of benzene rings is 1. The normalized spacial score (nSPS) is 10.6. The van der Waals surface area contributed by atoms with Crippen molar-refractivity contribution in [2.75, 3.05) is 0 Å². The summed E-state index contributed by atoms with van der Waals surface area (Å²) in [6.07, 6.45) is 1.86. The van der Waals surface area contributed by atoms with Crippen molar-refractivity contribution in [3.8, 4) is 11.1 Å². The largest absolute Gasteiger partial charge is 0.481 e. The Kier molecular flexibility index (Phi) is 3.81. The molecule has 0 radical (unpaired) electrons. The van der Waals surface area contributed by atoms with E-state index in [1.807, 2.05) is 31.2 Å². The smallest absolute Gasteiger partial charge is 0.305 e. The molecule has 0 aliphatic heterocycles. The van der Waals surface area contributed by atoms with Gasteiger partial charge in [0.15, 0.2) is 0 Å². The van der Waals surface area contributed by atoms with Crippen LogP contribution in [0.3, 0.4) is 0 Å². The molecule has 0 fully saturated rings. The lowest BCUT2D eigenvalue weighted by atomic mass is 10.1. The predicted octanol–water partition coefficient (Wildman–Crippen LogP) is 3.10. The third kappa shape index (κ3) is 2.61. The summed E-state index contributed by atoms with van der Waals surface area (Å²) in [4.78, 5) is 10.6. The zero-order valence-electron chi connectivity index (χ0n) is 9.93. The molecule has 0 aliphatic rings. The summed E-state index contributed by atoms with van der Waals surface area (Å²) in [5.74, 6) is -0.813. The molecule has 0 unspecified atom stereocenters. The number of hydrogen-bond acceptors (Lipinski definition) is 2. The fourth-order valence-electron chi connectivity index (χ4n) is 1.82. The highest BCUT2D eigenvalue weighted by Crippen LogP contribution is 2.30. The first-order valence-electron chi connectivity index (χ1n) is 5.58. The van der Waals surface area contributed by atoms with Crippen molar-refractivity contribution in [3.05, 3.63) is 40.6 Å². The molecule has 1 N–H and O–H groups in total. The Balaban J connectivity index is 2.31. The summed E-state index contributed by atoms with van der Waals surface area (Å²) < 4.78 is 2.73. The Hall–Kier alpha value is -1.62. The maximum Gasteiger partial charge on any atom is 0.305 e. The van der Waals surface area contributed by atoms with Gasteiger partial charge in [-0.15, -0.1) is 0 Å². The minimum absolute atomic E-state index is 0.0813. The van der Waals surface area contributed by atoms with Gasteiger partial charge in [0.1, 0.15) is 0 Å². The quantitative estimate of drug-likeness (QED) is 0.944. The minimum atomic E-state index is -0.813. The molecule has 4 nitrogen and oxygen atoms in total. The minimum Gasteiger partial charge on any atom is -0.481 e. The molecule has 0 saturated heterocycles. The highest BCUT2D eigenvalue weighted by atomic mass is 79.9. The molecule has 0 bridgehead atoms. The summed E-state index contributed by atoms with van der Waals surface area (Å²) in [6, 6.07) is 7.91. The van der Waals surface area contributed by atoms with Crippen LogP contribution >= 0.6 is 15.9 Å². The number of rotatable bonds is 4. The van der Waals surface area contributed by atoms with Crippen molar-refractivity contribution in [2.24, 2.45) is 0 Å². The second-order valence-electron chi connectivity index (χ2n) is 3.99. The summed E-state index contributed by atoms with van der Waals surface area (Å²) in [7, 11) is 0. The van der Waals surface area contributed by atoms with E-state index in [0.717, 1.165) is 21.3 Å². The molecule has 0 spiro atoms. The maximum atomic E-state index is 10.6. The first kappa shape index (κ1) is 12.8. The summed E-state index contributed by atoms with van der Waals surface area (Å²) in [5.41, 5.74) is 3.06. The third-order valence-electron chi connectivity index (χ3n) is 2.80. The summed E-state index contributed by atoms with van der Waals surface area (Å²) >= 11 is 3.51. The van der Waals surface area contributed by atoms with Gasteiger partial charge in [0.2, 0.25) is 0 Å². The topological polar surface area (TPSA) is 55.1 Å². The van der Waals surface area contributed by atoms with E-state index in [1.165, 1.54) is 0 Å². The van der Waals surface area contributed by atoms with Crippen LogP contribution in [-0.4, -0.2) is 20.9 Å². The Morgan fingerprint density at radius 3 is 2.78 bits per heavy atom. The summed E-state index contributed by atoms with van der Waals surface area (Å²) in [5, 5.41) is 12.9. The van der Waals surface area contributed by atoms with Crippen molar-refractivity contribution in [2.45, 2.75) is 19.9 Å². The SMILES string of the molecule is Cc1c(-c2ccccc2Br)cnn1CCC(=O)O. The highest BCUT2D eigenvalue weighted by Gasteiger charge is 2.11. The summed E-state index contributed by atoms with van der Waals surface area (Å²) in [6.45, 7) is 2.34. The van der Waals surface area contributed by atoms with Crippen LogP contribution in [0.1, 0.15) is 12.1 Å². The molecule has 1 heterocycles. The average Bonchev–Trinajstić information content (AvgIpc) is 2.69. The molecular formula is C13H13BrN2O2. The Bertz CT molecular complexity index is 578. The van der Waals surface area contributed by atoms with Crippen LogP contribution in [0, 0.1) is 6.92 Å². The van der Waals surface area contributed by atoms with E-state index in [-0.39, 0.29) is 6.42 Å². The van der Waals surface area contributed by atoms with E-state index < -0.39 is 5.97 Å². The number of aliphatic carboxylic acids is 1. The number of aryl methyl sites for hydroxylation is 1. The molecule has 0 aliphatic carbocycles. The van der Waals surface area contributed by atoms with Crippen LogP contribution in [0.15, 0.2) is 34.9 Å². The van der Waals surface area contributed by atoms with Crippen LogP contribution < -0.4 is 0 Å². The molecular weight excluding hydrogens is 296 g/mol. The van der Waals surface area contributed by atoms with E-state index in [0.29, 0.717) is 6.54 Å². The molecule has 1 aromatic carbocycles. The van der Waals surface area contributed by atoms with Gasteiger partial charge >= 0.3 is 5.97 Å². The van der Waals surface area contributed by atoms with Gasteiger partial charge in [-0.25, -0.2) is 0 Å². The lowest BCUT2D eigenvalue weighted by molar-refractivity contribution is -0.137. The molecule has 18 heavy (non-hydrogen) atoms. The number of carboxylic acid groups (broad SMARTS) is 1. The van der Waals surface area contributed by atoms with Gasteiger partial charge in [0.25, 0.3) is 0 Å². The van der Waals surface area contributed by atoms with Gasteiger partial charge in [-0.3, -0.25) is 9.48 Å². The van der Waals surface area contributed by atoms with Crippen LogP contribution in [0.25, 0.3) is 11.1 Å². The van der Waals surface area contributed by atoms with Gasteiger partial charge in [0, 0.05) is 15.7 Å². The van der Waals surface area contributed by atoms with Crippen molar-refractivity contribution in [1.82, 2.24) is 9.78 Å².